The Morgan fingerprint density at radius 1 is 1.43 bits per heavy atom. The molecule has 0 unspecified atom stereocenters. The van der Waals surface area contributed by atoms with E-state index in [0.717, 1.165) is 0 Å². The first-order valence-corrected chi connectivity index (χ1v) is 4.51. The average Bonchev–Trinajstić information content (AvgIpc) is 2.13. The van der Waals surface area contributed by atoms with Crippen LogP contribution in [0, 0.1) is 0 Å². The highest BCUT2D eigenvalue weighted by atomic mass is 16.5. The number of amides is 1. The Hall–Kier alpha value is -0.650. The molecule has 1 amide bonds. The largest absolute Gasteiger partial charge is 0.394 e. The van der Waals surface area contributed by atoms with Gasteiger partial charge in [0.25, 0.3) is 0 Å². The van der Waals surface area contributed by atoms with Crippen LogP contribution in [0.2, 0.25) is 0 Å². The molecule has 0 aromatic heterocycles. The Labute approximate surface area is 84.1 Å². The molecule has 0 radical (unpaired) electrons. The van der Waals surface area contributed by atoms with Crippen LogP contribution in [0.25, 0.3) is 0 Å². The highest BCUT2D eigenvalue weighted by Gasteiger charge is 2.22. The van der Waals surface area contributed by atoms with Gasteiger partial charge in [-0.2, -0.15) is 0 Å². The zero-order chi connectivity index (χ0) is 11.2. The quantitative estimate of drug-likeness (QED) is 0.534. The van der Waals surface area contributed by atoms with Gasteiger partial charge in [-0.05, 0) is 13.8 Å². The molecule has 0 fully saturated rings. The van der Waals surface area contributed by atoms with E-state index in [4.69, 9.17) is 14.9 Å². The number of methoxy groups -OCH3 is 1. The van der Waals surface area contributed by atoms with E-state index in [0.29, 0.717) is 0 Å². The summed E-state index contributed by atoms with van der Waals surface area (Å²) in [5, 5.41) is 19.9. The fourth-order valence-corrected chi connectivity index (χ4v) is 0.887. The van der Waals surface area contributed by atoms with Gasteiger partial charge in [-0.1, -0.05) is 0 Å². The SMILES string of the molecule is COC(C)(C)CC(=O)NC(CO)CO. The molecule has 0 bridgehead atoms. The molecule has 0 atom stereocenters. The third kappa shape index (κ3) is 5.16. The lowest BCUT2D eigenvalue weighted by Gasteiger charge is -2.23. The summed E-state index contributed by atoms with van der Waals surface area (Å²) in [6, 6.07) is -0.588. The van der Waals surface area contributed by atoms with Crippen LogP contribution in [0.4, 0.5) is 0 Å². The number of nitrogens with one attached hydrogen (secondary N) is 1. The van der Waals surface area contributed by atoms with E-state index >= 15 is 0 Å². The molecule has 0 saturated carbocycles. The van der Waals surface area contributed by atoms with Crippen molar-refractivity contribution in [2.75, 3.05) is 20.3 Å². The summed E-state index contributed by atoms with van der Waals surface area (Å²) in [6.45, 7) is 3.05. The molecule has 0 aliphatic carbocycles. The molecule has 3 N–H and O–H groups in total. The Kier molecular flexibility index (Phi) is 5.68. The van der Waals surface area contributed by atoms with Crippen LogP contribution in [0.15, 0.2) is 0 Å². The van der Waals surface area contributed by atoms with E-state index in [1.165, 1.54) is 7.11 Å². The predicted octanol–water partition coefficient (Wildman–Crippen LogP) is -0.729. The molecule has 0 heterocycles. The molecular weight excluding hydrogens is 186 g/mol. The lowest BCUT2D eigenvalue weighted by Crippen LogP contribution is -2.43. The monoisotopic (exact) mass is 205 g/mol. The number of aliphatic hydroxyl groups is 2. The van der Waals surface area contributed by atoms with Crippen LogP contribution in [0.5, 0.6) is 0 Å². The zero-order valence-corrected chi connectivity index (χ0v) is 8.91. The second-order valence-electron chi connectivity index (χ2n) is 3.77. The highest BCUT2D eigenvalue weighted by Crippen LogP contribution is 2.12. The molecule has 0 aliphatic heterocycles. The summed E-state index contributed by atoms with van der Waals surface area (Å²) >= 11 is 0. The van der Waals surface area contributed by atoms with Gasteiger partial charge in [0, 0.05) is 7.11 Å². The molecule has 84 valence electrons. The van der Waals surface area contributed by atoms with E-state index in [1.54, 1.807) is 13.8 Å². The lowest BCUT2D eigenvalue weighted by molar-refractivity contribution is -0.127. The number of hydrogen-bond acceptors (Lipinski definition) is 4. The van der Waals surface area contributed by atoms with Gasteiger partial charge in [0.1, 0.15) is 0 Å². The Morgan fingerprint density at radius 2 is 1.93 bits per heavy atom. The standard InChI is InChI=1S/C9H19NO4/c1-9(2,14-3)4-8(13)10-7(5-11)6-12/h7,11-12H,4-6H2,1-3H3,(H,10,13). The molecule has 5 heteroatoms. The van der Waals surface area contributed by atoms with Crippen molar-refractivity contribution < 1.29 is 19.7 Å². The maximum absolute atomic E-state index is 11.3. The smallest absolute Gasteiger partial charge is 0.223 e. The first kappa shape index (κ1) is 13.4. The van der Waals surface area contributed by atoms with Gasteiger partial charge < -0.3 is 20.3 Å². The van der Waals surface area contributed by atoms with Crippen molar-refractivity contribution in [3.05, 3.63) is 0 Å². The molecule has 0 aliphatic rings. The first-order chi connectivity index (χ1) is 6.45. The summed E-state index contributed by atoms with van der Waals surface area (Å²) < 4.78 is 5.07. The highest BCUT2D eigenvalue weighted by molar-refractivity contribution is 5.77. The Morgan fingerprint density at radius 3 is 2.29 bits per heavy atom. The van der Waals surface area contributed by atoms with Gasteiger partial charge in [-0.15, -0.1) is 0 Å². The number of rotatable bonds is 6. The van der Waals surface area contributed by atoms with Gasteiger partial charge in [-0.3, -0.25) is 4.79 Å². The van der Waals surface area contributed by atoms with Crippen molar-refractivity contribution in [2.45, 2.75) is 31.9 Å². The van der Waals surface area contributed by atoms with Crippen LogP contribution in [0.1, 0.15) is 20.3 Å². The first-order valence-electron chi connectivity index (χ1n) is 4.51. The summed E-state index contributed by atoms with van der Waals surface area (Å²) in [4.78, 5) is 11.3. The molecule has 5 nitrogen and oxygen atoms in total. The van der Waals surface area contributed by atoms with E-state index < -0.39 is 11.6 Å². The minimum absolute atomic E-state index is 0.194. The lowest BCUT2D eigenvalue weighted by atomic mass is 10.0. The summed E-state index contributed by atoms with van der Waals surface area (Å²) in [6.07, 6.45) is 0.194. The van der Waals surface area contributed by atoms with E-state index in [1.807, 2.05) is 0 Å². The van der Waals surface area contributed by atoms with E-state index in [-0.39, 0.29) is 25.5 Å². The van der Waals surface area contributed by atoms with Crippen LogP contribution < -0.4 is 5.32 Å². The number of carbonyl (C=O) groups is 1. The fraction of sp³-hybridized carbons (Fsp3) is 0.889. The average molecular weight is 205 g/mol. The molecule has 0 aromatic rings. The van der Waals surface area contributed by atoms with Gasteiger partial charge >= 0.3 is 0 Å². The molecular formula is C9H19NO4. The Bertz CT molecular complexity index is 178. The number of ether oxygens (including phenoxy) is 1. The predicted molar refractivity (Wildman–Crippen MR) is 51.8 cm³/mol. The summed E-state index contributed by atoms with van der Waals surface area (Å²) in [5.41, 5.74) is -0.528. The van der Waals surface area contributed by atoms with E-state index in [2.05, 4.69) is 5.32 Å². The number of aliphatic hydroxyl groups excluding tert-OH is 2. The topological polar surface area (TPSA) is 78.8 Å². The third-order valence-electron chi connectivity index (χ3n) is 1.94. The maximum Gasteiger partial charge on any atom is 0.223 e. The number of carbonyl (C=O) groups excluding carboxylic acids is 1. The van der Waals surface area contributed by atoms with Gasteiger partial charge in [0.05, 0.1) is 31.3 Å². The minimum Gasteiger partial charge on any atom is -0.394 e. The van der Waals surface area contributed by atoms with Crippen molar-refractivity contribution in [3.63, 3.8) is 0 Å². The van der Waals surface area contributed by atoms with Crippen molar-refractivity contribution in [1.29, 1.82) is 0 Å². The van der Waals surface area contributed by atoms with Gasteiger partial charge in [0.2, 0.25) is 5.91 Å². The fourth-order valence-electron chi connectivity index (χ4n) is 0.887. The maximum atomic E-state index is 11.3. The molecule has 0 saturated heterocycles. The van der Waals surface area contributed by atoms with Gasteiger partial charge in [-0.25, -0.2) is 0 Å². The van der Waals surface area contributed by atoms with Crippen LogP contribution in [-0.2, 0) is 9.53 Å². The molecule has 0 spiro atoms. The van der Waals surface area contributed by atoms with Crippen molar-refractivity contribution in [1.82, 2.24) is 5.32 Å². The van der Waals surface area contributed by atoms with Crippen LogP contribution in [0.3, 0.4) is 0 Å². The van der Waals surface area contributed by atoms with Crippen LogP contribution in [-0.4, -0.2) is 48.1 Å². The second-order valence-corrected chi connectivity index (χ2v) is 3.77. The molecule has 14 heavy (non-hydrogen) atoms. The summed E-state index contributed by atoms with van der Waals surface area (Å²) in [5.74, 6) is -0.245. The summed E-state index contributed by atoms with van der Waals surface area (Å²) in [7, 11) is 1.53. The second kappa shape index (κ2) is 5.95. The van der Waals surface area contributed by atoms with E-state index in [9.17, 15) is 4.79 Å². The Balaban J connectivity index is 3.97. The third-order valence-corrected chi connectivity index (χ3v) is 1.94. The number of hydrogen-bond donors (Lipinski definition) is 3. The van der Waals surface area contributed by atoms with Crippen molar-refractivity contribution in [2.24, 2.45) is 0 Å². The minimum atomic E-state index is -0.588. The van der Waals surface area contributed by atoms with Crippen molar-refractivity contribution >= 4 is 5.91 Å². The van der Waals surface area contributed by atoms with Crippen molar-refractivity contribution in [3.8, 4) is 0 Å². The van der Waals surface area contributed by atoms with Gasteiger partial charge in [0.15, 0.2) is 0 Å². The molecule has 0 rings (SSSR count). The molecule has 0 aromatic carbocycles. The normalized spacial score (nSPS) is 11.9. The zero-order valence-electron chi connectivity index (χ0n) is 8.91. The van der Waals surface area contributed by atoms with Crippen LogP contribution >= 0.6 is 0 Å².